The summed E-state index contributed by atoms with van der Waals surface area (Å²) in [5.74, 6) is -0.186. The molecule has 152 valence electrons. The largest absolute Gasteiger partial charge is 0.346 e. The van der Waals surface area contributed by atoms with Gasteiger partial charge in [-0.25, -0.2) is 9.67 Å². The number of hydrogen-bond acceptors (Lipinski definition) is 3. The first-order valence-electron chi connectivity index (χ1n) is 10.1. The average Bonchev–Trinajstić information content (AvgIpc) is 3.43. The number of aromatic nitrogens is 4. The molecule has 5 aromatic rings. The molecule has 0 aliphatic carbocycles. The van der Waals surface area contributed by atoms with Crippen molar-refractivity contribution in [2.75, 3.05) is 0 Å². The van der Waals surface area contributed by atoms with Crippen LogP contribution in [0.4, 0.5) is 0 Å². The third-order valence-electron chi connectivity index (χ3n) is 5.15. The molecule has 0 spiro atoms. The number of nitrogens with one attached hydrogen (secondary N) is 1. The fourth-order valence-corrected chi connectivity index (χ4v) is 3.52. The lowest BCUT2D eigenvalue weighted by Gasteiger charge is -2.03. The van der Waals surface area contributed by atoms with Gasteiger partial charge in [0, 0.05) is 24.2 Å². The van der Waals surface area contributed by atoms with Crippen LogP contribution in [0.3, 0.4) is 0 Å². The summed E-state index contributed by atoms with van der Waals surface area (Å²) < 4.78 is 3.69. The average molecular weight is 407 g/mol. The van der Waals surface area contributed by atoms with Crippen molar-refractivity contribution < 1.29 is 4.79 Å². The van der Waals surface area contributed by atoms with Gasteiger partial charge in [-0.15, -0.1) is 0 Å². The van der Waals surface area contributed by atoms with E-state index in [1.54, 1.807) is 10.9 Å². The standard InChI is InChI=1S/C25H21N5O/c1-18-10-12-21(13-11-18)30-17-22(24(28-30)19-7-3-2-4-8-19)25(31)26-15-20-16-29-14-6-5-9-23(29)27-20/h2-14,16-17H,15H2,1H3,(H,26,31). The molecule has 0 aliphatic heterocycles. The van der Waals surface area contributed by atoms with Gasteiger partial charge < -0.3 is 9.72 Å². The minimum absolute atomic E-state index is 0.186. The maximum atomic E-state index is 13.1. The molecule has 0 atom stereocenters. The third kappa shape index (κ3) is 3.83. The van der Waals surface area contributed by atoms with E-state index in [-0.39, 0.29) is 5.91 Å². The van der Waals surface area contributed by atoms with E-state index in [0.717, 1.165) is 22.6 Å². The highest BCUT2D eigenvalue weighted by Crippen LogP contribution is 2.24. The fraction of sp³-hybridized carbons (Fsp3) is 0.0800. The Balaban J connectivity index is 1.45. The van der Waals surface area contributed by atoms with Crippen LogP contribution in [0, 0.1) is 6.92 Å². The van der Waals surface area contributed by atoms with Crippen molar-refractivity contribution in [2.45, 2.75) is 13.5 Å². The number of rotatable bonds is 5. The minimum Gasteiger partial charge on any atom is -0.346 e. The van der Waals surface area contributed by atoms with Gasteiger partial charge in [-0.3, -0.25) is 4.79 Å². The van der Waals surface area contributed by atoms with Crippen molar-refractivity contribution in [2.24, 2.45) is 0 Å². The molecule has 0 fully saturated rings. The van der Waals surface area contributed by atoms with Crippen molar-refractivity contribution >= 4 is 11.6 Å². The summed E-state index contributed by atoms with van der Waals surface area (Å²) in [5.41, 5.74) is 5.79. The number of nitrogens with zero attached hydrogens (tertiary/aromatic N) is 4. The Morgan fingerprint density at radius 1 is 0.935 bits per heavy atom. The lowest BCUT2D eigenvalue weighted by Crippen LogP contribution is -2.23. The Bertz CT molecular complexity index is 1320. The minimum atomic E-state index is -0.186. The van der Waals surface area contributed by atoms with Crippen LogP contribution < -0.4 is 5.32 Å². The molecule has 0 aliphatic rings. The molecule has 2 aromatic carbocycles. The zero-order valence-corrected chi connectivity index (χ0v) is 17.1. The van der Waals surface area contributed by atoms with Crippen LogP contribution in [0.1, 0.15) is 21.6 Å². The fourth-order valence-electron chi connectivity index (χ4n) is 3.52. The topological polar surface area (TPSA) is 64.2 Å². The van der Waals surface area contributed by atoms with E-state index >= 15 is 0 Å². The Morgan fingerprint density at radius 2 is 1.71 bits per heavy atom. The summed E-state index contributed by atoms with van der Waals surface area (Å²) in [6.07, 6.45) is 5.64. The normalized spacial score (nSPS) is 11.0. The van der Waals surface area contributed by atoms with Crippen LogP contribution in [-0.4, -0.2) is 25.1 Å². The van der Waals surface area contributed by atoms with Gasteiger partial charge in [-0.1, -0.05) is 54.1 Å². The highest BCUT2D eigenvalue weighted by molar-refractivity contribution is 5.99. The lowest BCUT2D eigenvalue weighted by atomic mass is 10.1. The number of carbonyl (C=O) groups excluding carboxylic acids is 1. The first kappa shape index (κ1) is 18.8. The SMILES string of the molecule is Cc1ccc(-n2cc(C(=O)NCc3cn4ccccc4n3)c(-c3ccccc3)n2)cc1. The second-order valence-corrected chi connectivity index (χ2v) is 7.42. The molecule has 0 radical (unpaired) electrons. The molecule has 3 aromatic heterocycles. The molecule has 0 unspecified atom stereocenters. The van der Waals surface area contributed by atoms with E-state index in [4.69, 9.17) is 5.10 Å². The highest BCUT2D eigenvalue weighted by Gasteiger charge is 2.19. The quantitative estimate of drug-likeness (QED) is 0.469. The summed E-state index contributed by atoms with van der Waals surface area (Å²) in [7, 11) is 0. The molecular formula is C25H21N5O. The predicted molar refractivity (Wildman–Crippen MR) is 120 cm³/mol. The van der Waals surface area contributed by atoms with Crippen molar-refractivity contribution in [3.05, 3.63) is 108 Å². The molecular weight excluding hydrogens is 386 g/mol. The molecule has 31 heavy (non-hydrogen) atoms. The molecule has 3 heterocycles. The molecule has 0 bridgehead atoms. The molecule has 0 saturated heterocycles. The Hall–Kier alpha value is -4.19. The number of fused-ring (bicyclic) bond motifs is 1. The van der Waals surface area contributed by atoms with E-state index in [1.807, 2.05) is 96.5 Å². The third-order valence-corrected chi connectivity index (χ3v) is 5.15. The second-order valence-electron chi connectivity index (χ2n) is 7.42. The Kier molecular flexibility index (Phi) is 4.80. The number of pyridine rings is 1. The van der Waals surface area contributed by atoms with Crippen molar-refractivity contribution in [3.8, 4) is 16.9 Å². The van der Waals surface area contributed by atoms with Gasteiger partial charge in [0.25, 0.3) is 5.91 Å². The molecule has 6 heteroatoms. The molecule has 6 nitrogen and oxygen atoms in total. The Morgan fingerprint density at radius 3 is 2.48 bits per heavy atom. The Labute approximate surface area is 179 Å². The first-order valence-corrected chi connectivity index (χ1v) is 10.1. The van der Waals surface area contributed by atoms with Gasteiger partial charge in [0.15, 0.2) is 0 Å². The smallest absolute Gasteiger partial charge is 0.255 e. The van der Waals surface area contributed by atoms with Crippen LogP contribution in [0.5, 0.6) is 0 Å². The zero-order valence-electron chi connectivity index (χ0n) is 17.1. The molecule has 1 N–H and O–H groups in total. The van der Waals surface area contributed by atoms with Crippen molar-refractivity contribution in [3.63, 3.8) is 0 Å². The van der Waals surface area contributed by atoms with E-state index in [9.17, 15) is 4.79 Å². The van der Waals surface area contributed by atoms with E-state index in [1.165, 1.54) is 5.56 Å². The van der Waals surface area contributed by atoms with Crippen LogP contribution in [0.25, 0.3) is 22.6 Å². The lowest BCUT2D eigenvalue weighted by molar-refractivity contribution is 0.0951. The number of hydrogen-bond donors (Lipinski definition) is 1. The summed E-state index contributed by atoms with van der Waals surface area (Å²) in [6, 6.07) is 23.6. The number of imidazole rings is 1. The zero-order chi connectivity index (χ0) is 21.2. The second kappa shape index (κ2) is 7.91. The van der Waals surface area contributed by atoms with Gasteiger partial charge in [0.1, 0.15) is 11.3 Å². The predicted octanol–water partition coefficient (Wildman–Crippen LogP) is 4.43. The number of carbonyl (C=O) groups is 1. The van der Waals surface area contributed by atoms with Crippen LogP contribution in [-0.2, 0) is 6.54 Å². The highest BCUT2D eigenvalue weighted by atomic mass is 16.1. The molecule has 5 rings (SSSR count). The first-order chi connectivity index (χ1) is 15.2. The van der Waals surface area contributed by atoms with Crippen LogP contribution >= 0.6 is 0 Å². The summed E-state index contributed by atoms with van der Waals surface area (Å²) >= 11 is 0. The van der Waals surface area contributed by atoms with Crippen LogP contribution in [0.2, 0.25) is 0 Å². The summed E-state index contributed by atoms with van der Waals surface area (Å²) in [6.45, 7) is 2.38. The van der Waals surface area contributed by atoms with E-state index in [0.29, 0.717) is 17.8 Å². The summed E-state index contributed by atoms with van der Waals surface area (Å²) in [5, 5.41) is 7.72. The van der Waals surface area contributed by atoms with E-state index < -0.39 is 0 Å². The monoisotopic (exact) mass is 407 g/mol. The summed E-state index contributed by atoms with van der Waals surface area (Å²) in [4.78, 5) is 17.7. The number of aryl methyl sites for hydroxylation is 1. The molecule has 0 saturated carbocycles. The van der Waals surface area contributed by atoms with Gasteiger partial charge in [-0.2, -0.15) is 5.10 Å². The van der Waals surface area contributed by atoms with Crippen molar-refractivity contribution in [1.82, 2.24) is 24.5 Å². The number of amides is 1. The van der Waals surface area contributed by atoms with Crippen LogP contribution in [0.15, 0.2) is 91.4 Å². The maximum Gasteiger partial charge on any atom is 0.255 e. The van der Waals surface area contributed by atoms with E-state index in [2.05, 4.69) is 10.3 Å². The van der Waals surface area contributed by atoms with Gasteiger partial charge in [-0.05, 0) is 31.2 Å². The van der Waals surface area contributed by atoms with Gasteiger partial charge >= 0.3 is 0 Å². The van der Waals surface area contributed by atoms with Gasteiger partial charge in [0.2, 0.25) is 0 Å². The van der Waals surface area contributed by atoms with Gasteiger partial charge in [0.05, 0.1) is 23.5 Å². The number of benzene rings is 2. The molecule has 1 amide bonds. The van der Waals surface area contributed by atoms with Crippen molar-refractivity contribution in [1.29, 1.82) is 0 Å². The maximum absolute atomic E-state index is 13.1.